The van der Waals surface area contributed by atoms with Gasteiger partial charge in [0.1, 0.15) is 0 Å². The lowest BCUT2D eigenvalue weighted by molar-refractivity contribution is -0.121. The van der Waals surface area contributed by atoms with Gasteiger partial charge >= 0.3 is 5.97 Å². The number of anilines is 1. The second-order valence-electron chi connectivity index (χ2n) is 7.52. The predicted molar refractivity (Wildman–Crippen MR) is 132 cm³/mol. The summed E-state index contributed by atoms with van der Waals surface area (Å²) in [6.45, 7) is 2.69. The lowest BCUT2D eigenvalue weighted by Gasteiger charge is -2.14. The highest BCUT2D eigenvalue weighted by molar-refractivity contribution is 7.98. The van der Waals surface area contributed by atoms with Gasteiger partial charge in [-0.05, 0) is 49.6 Å². The molecule has 8 nitrogen and oxygen atoms in total. The lowest BCUT2D eigenvalue weighted by atomic mass is 10.2. The van der Waals surface area contributed by atoms with Gasteiger partial charge in [0.15, 0.2) is 4.80 Å². The molecule has 3 aromatic rings. The van der Waals surface area contributed by atoms with Crippen LogP contribution in [0.2, 0.25) is 0 Å². The van der Waals surface area contributed by atoms with Crippen molar-refractivity contribution in [2.24, 2.45) is 4.99 Å². The second kappa shape index (κ2) is 10.4. The zero-order valence-corrected chi connectivity index (χ0v) is 20.4. The number of imide groups is 1. The average Bonchev–Trinajstić information content (AvgIpc) is 3.35. The third kappa shape index (κ3) is 4.83. The molecule has 3 amide bonds. The molecule has 1 fully saturated rings. The minimum atomic E-state index is -0.476. The molecule has 2 aromatic carbocycles. The van der Waals surface area contributed by atoms with Gasteiger partial charge < -0.3 is 9.30 Å². The number of aryl methyl sites for hydroxylation is 1. The minimum absolute atomic E-state index is 0.173. The van der Waals surface area contributed by atoms with Crippen molar-refractivity contribution < 1.29 is 23.9 Å². The number of esters is 1. The van der Waals surface area contributed by atoms with Crippen LogP contribution in [0, 0.1) is 0 Å². The highest BCUT2D eigenvalue weighted by Crippen LogP contribution is 2.24. The van der Waals surface area contributed by atoms with Gasteiger partial charge in [-0.3, -0.25) is 19.3 Å². The third-order valence-corrected chi connectivity index (χ3v) is 6.94. The van der Waals surface area contributed by atoms with E-state index in [1.807, 2.05) is 16.9 Å². The number of nitrogens with zero attached hydrogens (tertiary/aromatic N) is 3. The molecule has 34 heavy (non-hydrogen) atoms. The number of thiazole rings is 1. The van der Waals surface area contributed by atoms with Crippen LogP contribution in [0.5, 0.6) is 0 Å². The minimum Gasteiger partial charge on any atom is -0.462 e. The third-order valence-electron chi connectivity index (χ3n) is 5.31. The summed E-state index contributed by atoms with van der Waals surface area (Å²) in [5.74, 6) is -0.602. The summed E-state index contributed by atoms with van der Waals surface area (Å²) >= 11 is 2.99. The first-order valence-electron chi connectivity index (χ1n) is 10.8. The number of thioether (sulfide) groups is 1. The Morgan fingerprint density at radius 1 is 1.09 bits per heavy atom. The Kier molecular flexibility index (Phi) is 7.28. The van der Waals surface area contributed by atoms with Crippen molar-refractivity contribution in [1.82, 2.24) is 4.57 Å². The Labute approximate surface area is 204 Å². The van der Waals surface area contributed by atoms with E-state index in [-0.39, 0.29) is 36.8 Å². The molecule has 1 aliphatic heterocycles. The molecule has 0 radical (unpaired) electrons. The molecule has 4 rings (SSSR count). The van der Waals surface area contributed by atoms with E-state index in [0.29, 0.717) is 22.6 Å². The number of amides is 3. The monoisotopic (exact) mass is 497 g/mol. The van der Waals surface area contributed by atoms with Gasteiger partial charge in [-0.15, -0.1) is 0 Å². The summed E-state index contributed by atoms with van der Waals surface area (Å²) in [5, 5.41) is 0. The van der Waals surface area contributed by atoms with Gasteiger partial charge in [0.25, 0.3) is 5.91 Å². The largest absolute Gasteiger partial charge is 0.462 e. The molecule has 0 atom stereocenters. The first-order chi connectivity index (χ1) is 16.4. The van der Waals surface area contributed by atoms with E-state index in [1.54, 1.807) is 49.0 Å². The van der Waals surface area contributed by atoms with E-state index in [9.17, 15) is 19.2 Å². The summed E-state index contributed by atoms with van der Waals surface area (Å²) in [6.07, 6.45) is 2.35. The highest BCUT2D eigenvalue weighted by atomic mass is 32.2. The predicted octanol–water partition coefficient (Wildman–Crippen LogP) is 3.64. The maximum absolute atomic E-state index is 13.1. The van der Waals surface area contributed by atoms with Crippen LogP contribution in [0.4, 0.5) is 5.69 Å². The molecule has 0 aliphatic carbocycles. The number of hydrogen-bond acceptors (Lipinski definition) is 7. The zero-order chi connectivity index (χ0) is 24.2. The van der Waals surface area contributed by atoms with E-state index in [0.717, 1.165) is 20.9 Å². The lowest BCUT2D eigenvalue weighted by Crippen LogP contribution is -2.28. The summed E-state index contributed by atoms with van der Waals surface area (Å²) in [7, 11) is 0. The van der Waals surface area contributed by atoms with E-state index in [4.69, 9.17) is 4.74 Å². The molecule has 1 aliphatic rings. The van der Waals surface area contributed by atoms with Crippen molar-refractivity contribution in [3.05, 3.63) is 58.4 Å². The van der Waals surface area contributed by atoms with Crippen LogP contribution in [-0.2, 0) is 20.9 Å². The molecule has 0 unspecified atom stereocenters. The van der Waals surface area contributed by atoms with E-state index in [2.05, 4.69) is 4.99 Å². The van der Waals surface area contributed by atoms with Crippen molar-refractivity contribution in [1.29, 1.82) is 0 Å². The molecule has 0 N–H and O–H groups in total. The molecule has 0 saturated carbocycles. The normalized spacial score (nSPS) is 14.3. The number of ether oxygens (including phenoxy) is 1. The van der Waals surface area contributed by atoms with E-state index < -0.39 is 11.9 Å². The fourth-order valence-electron chi connectivity index (χ4n) is 3.69. The highest BCUT2D eigenvalue weighted by Gasteiger charge is 2.30. The number of fused-ring (bicyclic) bond motifs is 1. The summed E-state index contributed by atoms with van der Waals surface area (Å²) < 4.78 is 7.87. The fourth-order valence-corrected chi connectivity index (χ4v) is 5.15. The van der Waals surface area contributed by atoms with Gasteiger partial charge in [0.2, 0.25) is 11.8 Å². The van der Waals surface area contributed by atoms with Crippen LogP contribution in [0.3, 0.4) is 0 Å². The summed E-state index contributed by atoms with van der Waals surface area (Å²) in [6, 6.07) is 11.7. The summed E-state index contributed by atoms with van der Waals surface area (Å²) in [5.41, 5.74) is 1.98. The fraction of sp³-hybridized carbons (Fsp3) is 0.292. The second-order valence-corrected chi connectivity index (χ2v) is 9.52. The topological polar surface area (TPSA) is 98.0 Å². The van der Waals surface area contributed by atoms with Crippen LogP contribution < -0.4 is 9.70 Å². The maximum Gasteiger partial charge on any atom is 0.338 e. The molecule has 1 aromatic heterocycles. The molecular formula is C24H23N3O5S2. The summed E-state index contributed by atoms with van der Waals surface area (Å²) in [4.78, 5) is 55.4. The molecule has 176 valence electrons. The van der Waals surface area contributed by atoms with E-state index in [1.165, 1.54) is 17.4 Å². The standard InChI is InChI=1S/C24H23N3O5S2/c1-3-32-23(31)16-7-8-18-19(14-16)34-24(26(18)11-12-33-2)25-22(30)15-5-4-6-17(13-15)27-20(28)9-10-21(27)29/h4-8,13-14H,3,9-12H2,1-2H3. The molecule has 1 saturated heterocycles. The van der Waals surface area contributed by atoms with Gasteiger partial charge in [-0.25, -0.2) is 4.79 Å². The van der Waals surface area contributed by atoms with Crippen molar-refractivity contribution in [2.45, 2.75) is 26.3 Å². The van der Waals surface area contributed by atoms with Crippen LogP contribution in [-0.4, -0.2) is 46.9 Å². The van der Waals surface area contributed by atoms with Crippen molar-refractivity contribution >= 4 is 62.7 Å². The smallest absolute Gasteiger partial charge is 0.338 e. The SMILES string of the molecule is CCOC(=O)c1ccc2c(c1)sc(=NC(=O)c1cccc(N3C(=O)CCC3=O)c1)n2CCSC. The molecule has 2 heterocycles. The van der Waals surface area contributed by atoms with Gasteiger partial charge in [-0.1, -0.05) is 17.4 Å². The van der Waals surface area contributed by atoms with Gasteiger partial charge in [0.05, 0.1) is 28.1 Å². The quantitative estimate of drug-likeness (QED) is 0.365. The van der Waals surface area contributed by atoms with Crippen LogP contribution >= 0.6 is 23.1 Å². The Balaban J connectivity index is 1.73. The Bertz CT molecular complexity index is 1340. The van der Waals surface area contributed by atoms with E-state index >= 15 is 0 Å². The molecule has 0 spiro atoms. The van der Waals surface area contributed by atoms with Gasteiger partial charge in [0, 0.05) is 30.7 Å². The first-order valence-corrected chi connectivity index (χ1v) is 13.0. The number of rotatable bonds is 7. The molecular weight excluding hydrogens is 474 g/mol. The Hall–Kier alpha value is -3.24. The molecule has 0 bridgehead atoms. The number of aromatic nitrogens is 1. The number of carbonyl (C=O) groups is 4. The van der Waals surface area contributed by atoms with Gasteiger partial charge in [-0.2, -0.15) is 16.8 Å². The number of hydrogen-bond donors (Lipinski definition) is 0. The number of benzene rings is 2. The Morgan fingerprint density at radius 2 is 1.85 bits per heavy atom. The van der Waals surface area contributed by atoms with Crippen LogP contribution in [0.25, 0.3) is 10.2 Å². The van der Waals surface area contributed by atoms with Crippen LogP contribution in [0.1, 0.15) is 40.5 Å². The maximum atomic E-state index is 13.1. The zero-order valence-electron chi connectivity index (χ0n) is 18.8. The van der Waals surface area contributed by atoms with Crippen molar-refractivity contribution in [2.75, 3.05) is 23.5 Å². The first kappa shape index (κ1) is 23.9. The Morgan fingerprint density at radius 3 is 2.56 bits per heavy atom. The number of carbonyl (C=O) groups excluding carboxylic acids is 4. The average molecular weight is 498 g/mol. The van der Waals surface area contributed by atoms with Crippen molar-refractivity contribution in [3.8, 4) is 0 Å². The molecule has 10 heteroatoms. The van der Waals surface area contributed by atoms with Crippen LogP contribution in [0.15, 0.2) is 47.5 Å². The van der Waals surface area contributed by atoms with Crippen molar-refractivity contribution in [3.63, 3.8) is 0 Å².